The van der Waals surface area contributed by atoms with Gasteiger partial charge in [-0.1, -0.05) is 23.3 Å². The Bertz CT molecular complexity index is 490. The molecule has 1 aromatic heterocycles. The van der Waals surface area contributed by atoms with Crippen molar-refractivity contribution < 1.29 is 0 Å². The molecule has 0 spiro atoms. The molecule has 0 atom stereocenters. The van der Waals surface area contributed by atoms with E-state index in [9.17, 15) is 0 Å². The summed E-state index contributed by atoms with van der Waals surface area (Å²) >= 11 is 0. The molecule has 82 valence electrons. The van der Waals surface area contributed by atoms with Crippen molar-refractivity contribution in [3.63, 3.8) is 0 Å². The highest BCUT2D eigenvalue weighted by atomic mass is 15.6. The lowest BCUT2D eigenvalue weighted by molar-refractivity contribution is 0.711. The van der Waals surface area contributed by atoms with E-state index in [0.29, 0.717) is 5.95 Å². The summed E-state index contributed by atoms with van der Waals surface area (Å²) in [6.45, 7) is 0. The lowest BCUT2D eigenvalue weighted by Gasteiger charge is -2.19. The Balaban J connectivity index is 2.48. The number of hydrogen-bond donors (Lipinski definition) is 2. The van der Waals surface area contributed by atoms with Crippen molar-refractivity contribution in [1.29, 1.82) is 5.41 Å². The summed E-state index contributed by atoms with van der Waals surface area (Å²) in [5, 5.41) is 18.6. The van der Waals surface area contributed by atoms with Crippen LogP contribution in [0.15, 0.2) is 30.3 Å². The fourth-order valence-electron chi connectivity index (χ4n) is 1.35. The lowest BCUT2D eigenvalue weighted by Crippen LogP contribution is -2.34. The Morgan fingerprint density at radius 3 is 2.56 bits per heavy atom. The van der Waals surface area contributed by atoms with Crippen molar-refractivity contribution in [2.45, 2.75) is 0 Å². The molecule has 3 N–H and O–H groups in total. The van der Waals surface area contributed by atoms with Crippen molar-refractivity contribution in [1.82, 2.24) is 20.2 Å². The second-order valence-corrected chi connectivity index (χ2v) is 3.16. The monoisotopic (exact) mass is 217 g/mol. The molecule has 0 amide bonds. The number of para-hydroxylation sites is 1. The fraction of sp³-hybridized carbons (Fsp3) is 0.111. The molecule has 2 aromatic rings. The van der Waals surface area contributed by atoms with Crippen LogP contribution in [0.1, 0.15) is 0 Å². The molecule has 7 heteroatoms. The third kappa shape index (κ3) is 1.70. The molecule has 0 saturated carbocycles. The van der Waals surface area contributed by atoms with Gasteiger partial charge in [0.15, 0.2) is 5.96 Å². The van der Waals surface area contributed by atoms with Crippen LogP contribution in [0.4, 0.5) is 11.6 Å². The average Bonchev–Trinajstić information content (AvgIpc) is 2.66. The molecule has 16 heavy (non-hydrogen) atoms. The van der Waals surface area contributed by atoms with Gasteiger partial charge in [0, 0.05) is 7.05 Å². The van der Waals surface area contributed by atoms with Gasteiger partial charge >= 0.3 is 0 Å². The molecular formula is C9H11N7. The Kier molecular flexibility index (Phi) is 2.50. The summed E-state index contributed by atoms with van der Waals surface area (Å²) in [5.41, 5.74) is 6.27. The van der Waals surface area contributed by atoms with Crippen LogP contribution in [0, 0.1) is 5.41 Å². The van der Waals surface area contributed by atoms with Gasteiger partial charge in [-0.2, -0.15) is 0 Å². The number of nitrogens with one attached hydrogen (secondary N) is 1. The zero-order chi connectivity index (χ0) is 11.5. The summed E-state index contributed by atoms with van der Waals surface area (Å²) in [6.07, 6.45) is 0. The summed E-state index contributed by atoms with van der Waals surface area (Å²) < 4.78 is 1.45. The average molecular weight is 217 g/mol. The Morgan fingerprint density at radius 2 is 2.06 bits per heavy atom. The molecule has 0 fully saturated rings. The number of aromatic nitrogens is 4. The van der Waals surface area contributed by atoms with Crippen LogP contribution >= 0.6 is 0 Å². The van der Waals surface area contributed by atoms with E-state index in [-0.39, 0.29) is 5.96 Å². The first-order valence-electron chi connectivity index (χ1n) is 4.61. The smallest absolute Gasteiger partial charge is 0.256 e. The standard InChI is InChI=1S/C9H11N7/c1-15-9(12-13-14-15)16(8(10)11)7-5-3-2-4-6-7/h2-6H,1H3,(H3,10,11). The number of anilines is 2. The fourth-order valence-corrected chi connectivity index (χ4v) is 1.35. The van der Waals surface area contributed by atoms with Gasteiger partial charge in [-0.3, -0.25) is 5.41 Å². The third-order valence-electron chi connectivity index (χ3n) is 2.05. The van der Waals surface area contributed by atoms with E-state index in [0.717, 1.165) is 5.69 Å². The largest absolute Gasteiger partial charge is 0.369 e. The number of hydrogen-bond acceptors (Lipinski definition) is 4. The number of nitrogens with two attached hydrogens (primary N) is 1. The topological polar surface area (TPSA) is 96.7 Å². The minimum absolute atomic E-state index is 0.135. The van der Waals surface area contributed by atoms with E-state index in [1.165, 1.54) is 9.58 Å². The third-order valence-corrected chi connectivity index (χ3v) is 2.05. The Morgan fingerprint density at radius 1 is 1.38 bits per heavy atom. The van der Waals surface area contributed by atoms with Gasteiger partial charge in [0.05, 0.1) is 5.69 Å². The number of tetrazole rings is 1. The van der Waals surface area contributed by atoms with Crippen molar-refractivity contribution in [2.24, 2.45) is 12.8 Å². The maximum Gasteiger partial charge on any atom is 0.256 e. The first-order chi connectivity index (χ1) is 7.70. The van der Waals surface area contributed by atoms with E-state index in [1.807, 2.05) is 30.3 Å². The maximum atomic E-state index is 7.56. The zero-order valence-electron chi connectivity index (χ0n) is 8.70. The zero-order valence-corrected chi connectivity index (χ0v) is 8.70. The molecule has 1 heterocycles. The highest BCUT2D eigenvalue weighted by Crippen LogP contribution is 2.20. The molecule has 1 aromatic carbocycles. The quantitative estimate of drug-likeness (QED) is 0.555. The van der Waals surface area contributed by atoms with Crippen molar-refractivity contribution in [2.75, 3.05) is 4.90 Å². The first kappa shape index (κ1) is 10.1. The number of aryl methyl sites for hydroxylation is 1. The molecule has 0 saturated heterocycles. The Labute approximate surface area is 92.0 Å². The van der Waals surface area contributed by atoms with E-state index < -0.39 is 0 Å². The number of rotatable bonds is 2. The predicted molar refractivity (Wildman–Crippen MR) is 59.3 cm³/mol. The van der Waals surface area contributed by atoms with Gasteiger partial charge in [-0.25, -0.2) is 9.58 Å². The minimum Gasteiger partial charge on any atom is -0.369 e. The van der Waals surface area contributed by atoms with E-state index in [4.69, 9.17) is 11.1 Å². The van der Waals surface area contributed by atoms with Gasteiger partial charge < -0.3 is 5.73 Å². The number of benzene rings is 1. The van der Waals surface area contributed by atoms with Crippen molar-refractivity contribution in [3.8, 4) is 0 Å². The van der Waals surface area contributed by atoms with Crippen molar-refractivity contribution >= 4 is 17.6 Å². The van der Waals surface area contributed by atoms with Crippen LogP contribution in [0.2, 0.25) is 0 Å². The molecule has 0 aliphatic carbocycles. The normalized spacial score (nSPS) is 10.1. The van der Waals surface area contributed by atoms with Gasteiger partial charge in [0.2, 0.25) is 0 Å². The molecular weight excluding hydrogens is 206 g/mol. The summed E-state index contributed by atoms with van der Waals surface area (Å²) in [7, 11) is 1.69. The van der Waals surface area contributed by atoms with Gasteiger partial charge in [-0.15, -0.1) is 0 Å². The van der Waals surface area contributed by atoms with Crippen LogP contribution in [0.25, 0.3) is 0 Å². The SMILES string of the molecule is Cn1nnnc1N(C(=N)N)c1ccccc1. The van der Waals surface area contributed by atoms with Gasteiger partial charge in [-0.05, 0) is 22.6 Å². The Hall–Kier alpha value is -2.44. The minimum atomic E-state index is -0.135. The first-order valence-corrected chi connectivity index (χ1v) is 4.61. The van der Waals surface area contributed by atoms with Crippen LogP contribution in [-0.4, -0.2) is 26.2 Å². The summed E-state index contributed by atoms with van der Waals surface area (Å²) in [4.78, 5) is 1.46. The molecule has 0 bridgehead atoms. The van der Waals surface area contributed by atoms with Crippen LogP contribution in [-0.2, 0) is 7.05 Å². The second kappa shape index (κ2) is 3.97. The van der Waals surface area contributed by atoms with Gasteiger partial charge in [0.1, 0.15) is 0 Å². The second-order valence-electron chi connectivity index (χ2n) is 3.16. The van der Waals surface area contributed by atoms with E-state index in [1.54, 1.807) is 7.05 Å². The highest BCUT2D eigenvalue weighted by molar-refractivity contribution is 5.98. The molecule has 0 unspecified atom stereocenters. The van der Waals surface area contributed by atoms with Gasteiger partial charge in [0.25, 0.3) is 5.95 Å². The van der Waals surface area contributed by atoms with E-state index >= 15 is 0 Å². The number of nitrogens with zero attached hydrogens (tertiary/aromatic N) is 5. The molecule has 7 nitrogen and oxygen atoms in total. The predicted octanol–water partition coefficient (Wildman–Crippen LogP) is 0.242. The number of guanidine groups is 1. The van der Waals surface area contributed by atoms with Crippen molar-refractivity contribution in [3.05, 3.63) is 30.3 Å². The highest BCUT2D eigenvalue weighted by Gasteiger charge is 2.17. The summed E-state index contributed by atoms with van der Waals surface area (Å²) in [5.74, 6) is 0.266. The molecule has 2 rings (SSSR count). The van der Waals surface area contributed by atoms with E-state index in [2.05, 4.69) is 15.5 Å². The summed E-state index contributed by atoms with van der Waals surface area (Å²) in [6, 6.07) is 9.26. The maximum absolute atomic E-state index is 7.56. The lowest BCUT2D eigenvalue weighted by atomic mass is 10.3. The molecule has 0 aliphatic heterocycles. The molecule has 0 radical (unpaired) electrons. The van der Waals surface area contributed by atoms with Crippen LogP contribution in [0.5, 0.6) is 0 Å². The van der Waals surface area contributed by atoms with Crippen LogP contribution in [0.3, 0.4) is 0 Å². The molecule has 0 aliphatic rings. The van der Waals surface area contributed by atoms with Crippen LogP contribution < -0.4 is 10.6 Å².